The smallest absolute Gasteiger partial charge is 0.265 e. The van der Waals surface area contributed by atoms with Crippen molar-refractivity contribution in [3.63, 3.8) is 0 Å². The molecule has 5 nitrogen and oxygen atoms in total. The van der Waals surface area contributed by atoms with E-state index in [4.69, 9.17) is 0 Å². The van der Waals surface area contributed by atoms with Crippen LogP contribution < -0.4 is 5.32 Å². The average Bonchev–Trinajstić information content (AvgIpc) is 2.93. The number of hydrogen-bond donors (Lipinski definition) is 1. The Labute approximate surface area is 148 Å². The van der Waals surface area contributed by atoms with Crippen molar-refractivity contribution in [2.24, 2.45) is 0 Å². The first kappa shape index (κ1) is 18.1. The van der Waals surface area contributed by atoms with Gasteiger partial charge in [0, 0.05) is 18.8 Å². The zero-order valence-electron chi connectivity index (χ0n) is 12.9. The molecule has 2 rings (SSSR count). The van der Waals surface area contributed by atoms with Gasteiger partial charge in [-0.15, -0.1) is 11.3 Å². The first-order chi connectivity index (χ1) is 10.7. The lowest BCUT2D eigenvalue weighted by atomic mass is 10.3. The van der Waals surface area contributed by atoms with Gasteiger partial charge < -0.3 is 5.32 Å². The van der Waals surface area contributed by atoms with E-state index in [1.54, 1.807) is 31.3 Å². The Morgan fingerprint density at radius 2 is 1.78 bits per heavy atom. The highest BCUT2D eigenvalue weighted by Gasteiger charge is 2.22. The summed E-state index contributed by atoms with van der Waals surface area (Å²) in [4.78, 5) is 12.8. The van der Waals surface area contributed by atoms with Gasteiger partial charge in [0.25, 0.3) is 5.91 Å². The van der Waals surface area contributed by atoms with Crippen molar-refractivity contribution in [2.75, 3.05) is 12.4 Å². The van der Waals surface area contributed by atoms with Crippen LogP contribution in [-0.4, -0.2) is 31.7 Å². The van der Waals surface area contributed by atoms with Crippen LogP contribution in [0, 0.1) is 0 Å². The third kappa shape index (κ3) is 4.20. The van der Waals surface area contributed by atoms with Crippen molar-refractivity contribution in [3.8, 4) is 0 Å². The van der Waals surface area contributed by atoms with Crippen LogP contribution in [0.15, 0.2) is 45.1 Å². The predicted molar refractivity (Wildman–Crippen MR) is 96.5 cm³/mol. The number of nitrogens with one attached hydrogen (secondary N) is 1. The summed E-state index contributed by atoms with van der Waals surface area (Å²) in [5.41, 5.74) is 0.547. The highest BCUT2D eigenvalue weighted by molar-refractivity contribution is 9.11. The summed E-state index contributed by atoms with van der Waals surface area (Å²) in [7, 11) is -1.97. The SMILES string of the molecule is CC(C)N(C)S(=O)(=O)c1ccc(NC(=O)c2ccc(Br)s2)cc1. The molecule has 0 unspecified atom stereocenters. The summed E-state index contributed by atoms with van der Waals surface area (Å²) < 4.78 is 26.9. The Kier molecular flexibility index (Phi) is 5.61. The molecule has 0 radical (unpaired) electrons. The molecule has 124 valence electrons. The van der Waals surface area contributed by atoms with Crippen molar-refractivity contribution in [2.45, 2.75) is 24.8 Å². The van der Waals surface area contributed by atoms with E-state index in [0.29, 0.717) is 10.6 Å². The maximum absolute atomic E-state index is 12.4. The predicted octanol–water partition coefficient (Wildman–Crippen LogP) is 3.79. The fourth-order valence-electron chi connectivity index (χ4n) is 1.78. The minimum absolute atomic E-state index is 0.128. The molecular weight excluding hydrogens is 400 g/mol. The number of carbonyl (C=O) groups excluding carboxylic acids is 1. The lowest BCUT2D eigenvalue weighted by Gasteiger charge is -2.21. The molecule has 0 aliphatic rings. The first-order valence-electron chi connectivity index (χ1n) is 6.86. The van der Waals surface area contributed by atoms with Gasteiger partial charge in [-0.1, -0.05) is 0 Å². The fraction of sp³-hybridized carbons (Fsp3) is 0.267. The molecule has 0 fully saturated rings. The van der Waals surface area contributed by atoms with Gasteiger partial charge in [-0.3, -0.25) is 4.79 Å². The molecular formula is C15H17BrN2O3S2. The quantitative estimate of drug-likeness (QED) is 0.805. The van der Waals surface area contributed by atoms with Gasteiger partial charge in [0.2, 0.25) is 10.0 Å². The third-order valence-corrected chi connectivity index (χ3v) is 6.98. The van der Waals surface area contributed by atoms with Crippen LogP contribution in [0.25, 0.3) is 0 Å². The summed E-state index contributed by atoms with van der Waals surface area (Å²) >= 11 is 4.64. The second kappa shape index (κ2) is 7.12. The maximum atomic E-state index is 12.4. The van der Waals surface area contributed by atoms with Crippen LogP contribution >= 0.6 is 27.3 Å². The molecule has 0 atom stereocenters. The zero-order valence-corrected chi connectivity index (χ0v) is 16.1. The van der Waals surface area contributed by atoms with Crippen LogP contribution in [0.3, 0.4) is 0 Å². The topological polar surface area (TPSA) is 66.5 Å². The molecule has 8 heteroatoms. The van der Waals surface area contributed by atoms with E-state index in [-0.39, 0.29) is 16.8 Å². The minimum atomic E-state index is -3.52. The van der Waals surface area contributed by atoms with Crippen molar-refractivity contribution in [3.05, 3.63) is 45.1 Å². The summed E-state index contributed by atoms with van der Waals surface area (Å²) in [6.45, 7) is 3.62. The number of carbonyl (C=O) groups is 1. The number of sulfonamides is 1. The number of thiophene rings is 1. The van der Waals surface area contributed by atoms with Crippen LogP contribution in [0.4, 0.5) is 5.69 Å². The second-order valence-electron chi connectivity index (χ2n) is 5.20. The van der Waals surface area contributed by atoms with E-state index in [2.05, 4.69) is 21.2 Å². The van der Waals surface area contributed by atoms with E-state index in [1.165, 1.54) is 27.8 Å². The number of benzene rings is 1. The second-order valence-corrected chi connectivity index (χ2v) is 9.66. The standard InChI is InChI=1S/C15H17BrN2O3S2/c1-10(2)18(3)23(20,21)12-6-4-11(5-7-12)17-15(19)13-8-9-14(16)22-13/h4-10H,1-3H3,(H,17,19). The molecule has 0 aliphatic carbocycles. The van der Waals surface area contributed by atoms with Crippen molar-refractivity contribution < 1.29 is 13.2 Å². The Bertz CT molecular complexity index is 798. The Balaban J connectivity index is 2.15. The Morgan fingerprint density at radius 3 is 2.26 bits per heavy atom. The number of hydrogen-bond acceptors (Lipinski definition) is 4. The minimum Gasteiger partial charge on any atom is -0.321 e. The number of anilines is 1. The lowest BCUT2D eigenvalue weighted by molar-refractivity contribution is 0.103. The Hall–Kier alpha value is -1.22. The third-order valence-electron chi connectivity index (χ3n) is 3.31. The summed E-state index contributed by atoms with van der Waals surface area (Å²) in [5.74, 6) is -0.226. The molecule has 23 heavy (non-hydrogen) atoms. The van der Waals surface area contributed by atoms with Crippen molar-refractivity contribution >= 4 is 48.9 Å². The van der Waals surface area contributed by atoms with Gasteiger partial charge in [-0.25, -0.2) is 8.42 Å². The zero-order chi connectivity index (χ0) is 17.2. The number of amides is 1. The summed E-state index contributed by atoms with van der Waals surface area (Å²) in [5, 5.41) is 2.74. The first-order valence-corrected chi connectivity index (χ1v) is 9.91. The number of halogens is 1. The van der Waals surface area contributed by atoms with Crippen LogP contribution in [0.5, 0.6) is 0 Å². The average molecular weight is 417 g/mol. The van der Waals surface area contributed by atoms with Gasteiger partial charge in [-0.2, -0.15) is 4.31 Å². The Morgan fingerprint density at radius 1 is 1.17 bits per heavy atom. The molecule has 1 aromatic carbocycles. The summed E-state index contributed by atoms with van der Waals surface area (Å²) in [6.07, 6.45) is 0. The van der Waals surface area contributed by atoms with Crippen molar-refractivity contribution in [1.29, 1.82) is 0 Å². The van der Waals surface area contributed by atoms with Gasteiger partial charge in [0.05, 0.1) is 13.6 Å². The molecule has 0 spiro atoms. The van der Waals surface area contributed by atoms with E-state index in [9.17, 15) is 13.2 Å². The number of rotatable bonds is 5. The van der Waals surface area contributed by atoms with Crippen LogP contribution in [0.1, 0.15) is 23.5 Å². The molecule has 0 saturated heterocycles. The molecule has 2 aromatic rings. The normalized spacial score (nSPS) is 11.9. The summed E-state index contributed by atoms with van der Waals surface area (Å²) in [6, 6.07) is 9.56. The molecule has 1 amide bonds. The largest absolute Gasteiger partial charge is 0.321 e. The van der Waals surface area contributed by atoms with E-state index < -0.39 is 10.0 Å². The molecule has 0 bridgehead atoms. The van der Waals surface area contributed by atoms with Crippen LogP contribution in [-0.2, 0) is 10.0 Å². The van der Waals surface area contributed by atoms with Gasteiger partial charge in [-0.05, 0) is 66.2 Å². The number of nitrogens with zero attached hydrogens (tertiary/aromatic N) is 1. The molecule has 1 N–H and O–H groups in total. The van der Waals surface area contributed by atoms with Gasteiger partial charge in [0.1, 0.15) is 0 Å². The van der Waals surface area contributed by atoms with E-state index in [0.717, 1.165) is 3.79 Å². The molecule has 1 aromatic heterocycles. The van der Waals surface area contributed by atoms with E-state index >= 15 is 0 Å². The van der Waals surface area contributed by atoms with Gasteiger partial charge >= 0.3 is 0 Å². The molecule has 0 aliphatic heterocycles. The van der Waals surface area contributed by atoms with Crippen LogP contribution in [0.2, 0.25) is 0 Å². The lowest BCUT2D eigenvalue weighted by Crippen LogP contribution is -2.33. The van der Waals surface area contributed by atoms with E-state index in [1.807, 2.05) is 13.8 Å². The monoisotopic (exact) mass is 416 g/mol. The highest BCUT2D eigenvalue weighted by atomic mass is 79.9. The molecule has 0 saturated carbocycles. The fourth-order valence-corrected chi connectivity index (χ4v) is 4.43. The maximum Gasteiger partial charge on any atom is 0.265 e. The highest BCUT2D eigenvalue weighted by Crippen LogP contribution is 2.24. The molecule has 1 heterocycles. The van der Waals surface area contributed by atoms with Gasteiger partial charge in [0.15, 0.2) is 0 Å². The van der Waals surface area contributed by atoms with Crippen molar-refractivity contribution in [1.82, 2.24) is 4.31 Å².